The van der Waals surface area contributed by atoms with E-state index in [0.717, 1.165) is 12.1 Å². The fourth-order valence-corrected chi connectivity index (χ4v) is 3.70. The molecule has 1 aliphatic rings. The molecule has 0 saturated carbocycles. The molecule has 160 valence electrons. The molecule has 2 N–H and O–H groups in total. The van der Waals surface area contributed by atoms with Gasteiger partial charge >= 0.3 is 6.18 Å². The van der Waals surface area contributed by atoms with E-state index >= 15 is 0 Å². The first-order valence-corrected chi connectivity index (χ1v) is 9.65. The number of benzene rings is 2. The van der Waals surface area contributed by atoms with Gasteiger partial charge in [-0.05, 0) is 31.2 Å². The third-order valence-electron chi connectivity index (χ3n) is 4.97. The second-order valence-electron chi connectivity index (χ2n) is 7.08. The molecule has 1 aliphatic heterocycles. The van der Waals surface area contributed by atoms with Crippen molar-refractivity contribution in [3.63, 3.8) is 0 Å². The summed E-state index contributed by atoms with van der Waals surface area (Å²) in [6, 6.07) is 10.5. The number of para-hydroxylation sites is 1. The second-order valence-corrected chi connectivity index (χ2v) is 7.51. The fourth-order valence-electron chi connectivity index (χ4n) is 3.51. The van der Waals surface area contributed by atoms with Crippen molar-refractivity contribution in [3.8, 4) is 11.3 Å². The second kappa shape index (κ2) is 7.73. The summed E-state index contributed by atoms with van der Waals surface area (Å²) in [6.07, 6.45) is -4.90. The van der Waals surface area contributed by atoms with Crippen LogP contribution >= 0.6 is 11.6 Å². The van der Waals surface area contributed by atoms with E-state index < -0.39 is 29.6 Å². The first-order chi connectivity index (χ1) is 14.6. The summed E-state index contributed by atoms with van der Waals surface area (Å²) in [5.41, 5.74) is 0.450. The maximum absolute atomic E-state index is 13.3. The third kappa shape index (κ3) is 4.00. The molecule has 0 aliphatic carbocycles. The summed E-state index contributed by atoms with van der Waals surface area (Å²) in [7, 11) is 0. The number of carbonyl (C=O) groups excluding carboxylic acids is 2. The fraction of sp³-hybridized carbons (Fsp3) is 0.190. The van der Waals surface area contributed by atoms with Gasteiger partial charge in [0.05, 0.1) is 23.4 Å². The summed E-state index contributed by atoms with van der Waals surface area (Å²) in [5, 5.41) is 9.95. The van der Waals surface area contributed by atoms with Gasteiger partial charge in [-0.1, -0.05) is 35.9 Å². The SMILES string of the molecule is Cc1c(-c2cccc(Cl)c2)nn2c1NC(=O)C[C@@H]2C(=O)Nc1ccccc1C(F)(F)F. The number of nitrogens with zero attached hydrogens (tertiary/aromatic N) is 2. The minimum Gasteiger partial charge on any atom is -0.324 e. The molecule has 0 saturated heterocycles. The standard InChI is InChI=1S/C21H16ClF3N4O2/c1-11-18(12-5-4-6-13(22)9-12)28-29-16(10-17(30)27-19(11)29)20(31)26-15-8-3-2-7-14(15)21(23,24)25/h2-9,16H,10H2,1H3,(H,26,31)(H,27,30)/t16-/m1/s1. The van der Waals surface area contributed by atoms with Gasteiger partial charge in [0.1, 0.15) is 11.9 Å². The Morgan fingerprint density at radius 3 is 2.68 bits per heavy atom. The van der Waals surface area contributed by atoms with Gasteiger partial charge in [0.15, 0.2) is 0 Å². The number of carbonyl (C=O) groups is 2. The Balaban J connectivity index is 1.71. The van der Waals surface area contributed by atoms with E-state index in [9.17, 15) is 22.8 Å². The number of alkyl halides is 3. The number of aromatic nitrogens is 2. The van der Waals surface area contributed by atoms with Crippen LogP contribution in [0.15, 0.2) is 48.5 Å². The van der Waals surface area contributed by atoms with Crippen LogP contribution in [-0.4, -0.2) is 21.6 Å². The quantitative estimate of drug-likeness (QED) is 0.588. The summed E-state index contributed by atoms with van der Waals surface area (Å²) in [5.74, 6) is -0.888. The van der Waals surface area contributed by atoms with Gasteiger partial charge in [-0.3, -0.25) is 9.59 Å². The molecule has 2 aromatic carbocycles. The molecule has 3 aromatic rings. The van der Waals surface area contributed by atoms with Crippen molar-refractivity contribution < 1.29 is 22.8 Å². The molecule has 31 heavy (non-hydrogen) atoms. The monoisotopic (exact) mass is 448 g/mol. The van der Waals surface area contributed by atoms with E-state index in [4.69, 9.17) is 11.6 Å². The minimum absolute atomic E-state index is 0.261. The van der Waals surface area contributed by atoms with Crippen molar-refractivity contribution in [3.05, 3.63) is 64.7 Å². The van der Waals surface area contributed by atoms with Crippen LogP contribution in [0.3, 0.4) is 0 Å². The van der Waals surface area contributed by atoms with Crippen LogP contribution in [0.1, 0.15) is 23.6 Å². The van der Waals surface area contributed by atoms with Crippen LogP contribution in [0.2, 0.25) is 5.02 Å². The Morgan fingerprint density at radius 1 is 1.23 bits per heavy atom. The lowest BCUT2D eigenvalue weighted by molar-refractivity contribution is -0.137. The van der Waals surface area contributed by atoms with Crippen molar-refractivity contribution in [2.45, 2.75) is 25.6 Å². The molecule has 0 radical (unpaired) electrons. The van der Waals surface area contributed by atoms with E-state index in [1.54, 1.807) is 31.2 Å². The zero-order valence-corrected chi connectivity index (χ0v) is 16.9. The van der Waals surface area contributed by atoms with Crippen LogP contribution < -0.4 is 10.6 Å². The number of halogens is 4. The smallest absolute Gasteiger partial charge is 0.324 e. The predicted molar refractivity (Wildman–Crippen MR) is 110 cm³/mol. The van der Waals surface area contributed by atoms with Crippen LogP contribution in [0.5, 0.6) is 0 Å². The molecule has 0 bridgehead atoms. The van der Waals surface area contributed by atoms with Gasteiger partial charge in [0.25, 0.3) is 0 Å². The number of fused-ring (bicyclic) bond motifs is 1. The molecule has 1 aromatic heterocycles. The third-order valence-corrected chi connectivity index (χ3v) is 5.21. The maximum Gasteiger partial charge on any atom is 0.418 e. The van der Waals surface area contributed by atoms with E-state index in [1.165, 1.54) is 16.8 Å². The molecule has 6 nitrogen and oxygen atoms in total. The summed E-state index contributed by atoms with van der Waals surface area (Å²) in [6.45, 7) is 1.73. The van der Waals surface area contributed by atoms with Crippen molar-refractivity contribution in [1.29, 1.82) is 0 Å². The average molecular weight is 449 g/mol. The van der Waals surface area contributed by atoms with Gasteiger partial charge in [-0.25, -0.2) is 4.68 Å². The lowest BCUT2D eigenvalue weighted by Crippen LogP contribution is -2.36. The molecule has 0 unspecified atom stereocenters. The van der Waals surface area contributed by atoms with Gasteiger partial charge in [0.2, 0.25) is 11.8 Å². The highest BCUT2D eigenvalue weighted by atomic mass is 35.5. The highest BCUT2D eigenvalue weighted by Crippen LogP contribution is 2.37. The number of amides is 2. The van der Waals surface area contributed by atoms with E-state index in [-0.39, 0.29) is 12.1 Å². The zero-order valence-electron chi connectivity index (χ0n) is 16.1. The Kier molecular flexibility index (Phi) is 5.22. The first-order valence-electron chi connectivity index (χ1n) is 9.27. The molecule has 0 fully saturated rings. The van der Waals surface area contributed by atoms with Crippen LogP contribution in [0.4, 0.5) is 24.7 Å². The Morgan fingerprint density at radius 2 is 1.97 bits per heavy atom. The van der Waals surface area contributed by atoms with Crippen LogP contribution in [0, 0.1) is 6.92 Å². The Bertz CT molecular complexity index is 1190. The molecule has 10 heteroatoms. The molecule has 2 heterocycles. The van der Waals surface area contributed by atoms with Gasteiger partial charge < -0.3 is 10.6 Å². The summed E-state index contributed by atoms with van der Waals surface area (Å²) >= 11 is 6.06. The first kappa shape index (κ1) is 20.9. The van der Waals surface area contributed by atoms with Gasteiger partial charge in [-0.2, -0.15) is 18.3 Å². The van der Waals surface area contributed by atoms with Crippen molar-refractivity contribution in [2.75, 3.05) is 10.6 Å². The number of nitrogens with one attached hydrogen (secondary N) is 2. The lowest BCUT2D eigenvalue weighted by Gasteiger charge is -2.24. The number of hydrogen-bond acceptors (Lipinski definition) is 3. The van der Waals surface area contributed by atoms with Gasteiger partial charge in [0, 0.05) is 16.1 Å². The number of rotatable bonds is 3. The molecular weight excluding hydrogens is 433 g/mol. The molecule has 1 atom stereocenters. The summed E-state index contributed by atoms with van der Waals surface area (Å²) < 4.78 is 41.2. The zero-order chi connectivity index (χ0) is 22.3. The van der Waals surface area contributed by atoms with E-state index in [0.29, 0.717) is 27.7 Å². The minimum atomic E-state index is -4.64. The van der Waals surface area contributed by atoms with E-state index in [1.807, 2.05) is 0 Å². The highest BCUT2D eigenvalue weighted by Gasteiger charge is 2.37. The molecule has 0 spiro atoms. The lowest BCUT2D eigenvalue weighted by atomic mass is 10.1. The predicted octanol–water partition coefficient (Wildman–Crippen LogP) is 5.05. The van der Waals surface area contributed by atoms with Crippen molar-refractivity contribution in [2.24, 2.45) is 0 Å². The topological polar surface area (TPSA) is 76.0 Å². The Hall–Kier alpha value is -3.33. The Labute approximate surface area is 180 Å². The maximum atomic E-state index is 13.3. The van der Waals surface area contributed by atoms with Crippen LogP contribution in [0.25, 0.3) is 11.3 Å². The molecule has 4 rings (SSSR count). The van der Waals surface area contributed by atoms with Gasteiger partial charge in [-0.15, -0.1) is 0 Å². The average Bonchev–Trinajstić information content (AvgIpc) is 3.03. The highest BCUT2D eigenvalue weighted by molar-refractivity contribution is 6.30. The normalized spacial score (nSPS) is 15.9. The number of hydrogen-bond donors (Lipinski definition) is 2. The summed E-state index contributed by atoms with van der Waals surface area (Å²) in [4.78, 5) is 25.2. The number of anilines is 2. The molecule has 2 amide bonds. The largest absolute Gasteiger partial charge is 0.418 e. The van der Waals surface area contributed by atoms with E-state index in [2.05, 4.69) is 15.7 Å². The van der Waals surface area contributed by atoms with Crippen LogP contribution in [-0.2, 0) is 15.8 Å². The van der Waals surface area contributed by atoms with Crippen molar-refractivity contribution in [1.82, 2.24) is 9.78 Å². The molecular formula is C21H16ClF3N4O2. The van der Waals surface area contributed by atoms with Crippen molar-refractivity contribution >= 4 is 34.9 Å².